The molecule has 0 spiro atoms. The van der Waals surface area contributed by atoms with Gasteiger partial charge in [0.15, 0.2) is 8.32 Å². The van der Waals surface area contributed by atoms with Crippen molar-refractivity contribution in [3.8, 4) is 5.88 Å². The van der Waals surface area contributed by atoms with Crippen molar-refractivity contribution in [2.75, 3.05) is 13.2 Å². The lowest BCUT2D eigenvalue weighted by Crippen LogP contribution is -2.40. The Morgan fingerprint density at radius 1 is 1.09 bits per heavy atom. The fraction of sp³-hybridized carbons (Fsp3) is 0.706. The van der Waals surface area contributed by atoms with Gasteiger partial charge in [-0.2, -0.15) is 0 Å². The van der Waals surface area contributed by atoms with Gasteiger partial charge in [0.05, 0.1) is 11.1 Å². The van der Waals surface area contributed by atoms with Crippen molar-refractivity contribution < 1.29 is 9.16 Å². The minimum atomic E-state index is -1.59. The number of hydrogen-bond acceptors (Lipinski definition) is 3. The van der Waals surface area contributed by atoms with E-state index >= 15 is 0 Å². The topological polar surface area (TPSA) is 31.4 Å². The normalized spacial score (nSPS) is 12.5. The molecule has 0 aliphatic heterocycles. The summed E-state index contributed by atoms with van der Waals surface area (Å²) in [4.78, 5) is 4.38. The first kappa shape index (κ1) is 19.7. The molecule has 126 valence electrons. The molecule has 1 rings (SSSR count). The van der Waals surface area contributed by atoms with Crippen LogP contribution < -0.4 is 4.74 Å². The van der Waals surface area contributed by atoms with E-state index in [2.05, 4.69) is 54.8 Å². The fourth-order valence-electron chi connectivity index (χ4n) is 1.71. The number of rotatable bonds is 8. The maximum Gasteiger partial charge on any atom is 0.228 e. The molecule has 22 heavy (non-hydrogen) atoms. The number of unbranched alkanes of at least 4 members (excludes halogenated alkanes) is 2. The monoisotopic (exact) mass is 387 g/mol. The van der Waals surface area contributed by atoms with Crippen LogP contribution in [-0.2, 0) is 4.43 Å². The van der Waals surface area contributed by atoms with Crippen LogP contribution in [0.3, 0.4) is 0 Å². The smallest absolute Gasteiger partial charge is 0.228 e. The molecule has 0 aromatic carbocycles. The number of aryl methyl sites for hydroxylation is 1. The molecular formula is C17H30BrNO2Si. The fourth-order valence-corrected chi connectivity index (χ4v) is 3.13. The van der Waals surface area contributed by atoms with Crippen LogP contribution >= 0.6 is 15.9 Å². The van der Waals surface area contributed by atoms with E-state index in [9.17, 15) is 0 Å². The Labute approximate surface area is 145 Å². The molecule has 0 aliphatic carbocycles. The van der Waals surface area contributed by atoms with E-state index in [1.165, 1.54) is 0 Å². The van der Waals surface area contributed by atoms with Crippen LogP contribution in [0.25, 0.3) is 0 Å². The molecule has 1 heterocycles. The summed E-state index contributed by atoms with van der Waals surface area (Å²) in [5, 5.41) is 0.291. The molecule has 0 N–H and O–H groups in total. The second kappa shape index (κ2) is 8.46. The second-order valence-corrected chi connectivity index (χ2v) is 12.9. The van der Waals surface area contributed by atoms with Crippen LogP contribution in [0.15, 0.2) is 16.6 Å². The lowest BCUT2D eigenvalue weighted by molar-refractivity contribution is 0.260. The quantitative estimate of drug-likeness (QED) is 0.421. The van der Waals surface area contributed by atoms with E-state index in [1.54, 1.807) is 0 Å². The summed E-state index contributed by atoms with van der Waals surface area (Å²) < 4.78 is 12.8. The van der Waals surface area contributed by atoms with Crippen molar-refractivity contribution in [2.45, 2.75) is 65.1 Å². The van der Waals surface area contributed by atoms with E-state index in [0.29, 0.717) is 17.5 Å². The van der Waals surface area contributed by atoms with Crippen molar-refractivity contribution >= 4 is 24.2 Å². The van der Waals surface area contributed by atoms with Gasteiger partial charge in [0.1, 0.15) is 0 Å². The number of hydrogen-bond donors (Lipinski definition) is 0. The Morgan fingerprint density at radius 2 is 1.73 bits per heavy atom. The minimum absolute atomic E-state index is 0.291. The zero-order valence-corrected chi connectivity index (χ0v) is 17.4. The summed E-state index contributed by atoms with van der Waals surface area (Å²) in [5.74, 6) is 0.692. The van der Waals surface area contributed by atoms with Gasteiger partial charge in [-0.1, -0.05) is 20.8 Å². The van der Waals surface area contributed by atoms with Crippen LogP contribution in [-0.4, -0.2) is 26.5 Å². The summed E-state index contributed by atoms with van der Waals surface area (Å²) in [6.07, 6.45) is 3.25. The van der Waals surface area contributed by atoms with Gasteiger partial charge in [-0.25, -0.2) is 4.98 Å². The predicted octanol–water partition coefficient (Wildman–Crippen LogP) is 5.72. The zero-order chi connectivity index (χ0) is 16.8. The SMILES string of the molecule is Cc1ccc(Br)c(OCCCCCO[Si](C)(C)C(C)(C)C)n1. The first-order valence-corrected chi connectivity index (χ1v) is 11.7. The summed E-state index contributed by atoms with van der Waals surface area (Å²) in [6.45, 7) is 15.0. The van der Waals surface area contributed by atoms with Crippen molar-refractivity contribution in [3.05, 3.63) is 22.3 Å². The molecule has 0 bridgehead atoms. The van der Waals surface area contributed by atoms with Crippen molar-refractivity contribution in [2.24, 2.45) is 0 Å². The zero-order valence-electron chi connectivity index (χ0n) is 14.8. The number of ether oxygens (including phenoxy) is 1. The van der Waals surface area contributed by atoms with Crippen LogP contribution in [0.2, 0.25) is 18.1 Å². The predicted molar refractivity (Wildman–Crippen MR) is 99.2 cm³/mol. The molecule has 0 saturated heterocycles. The van der Waals surface area contributed by atoms with E-state index < -0.39 is 8.32 Å². The first-order valence-electron chi connectivity index (χ1n) is 8.03. The van der Waals surface area contributed by atoms with Gasteiger partial charge in [0, 0.05) is 12.3 Å². The summed E-state index contributed by atoms with van der Waals surface area (Å²) >= 11 is 3.46. The Bertz CT molecular complexity index is 472. The average molecular weight is 388 g/mol. The highest BCUT2D eigenvalue weighted by molar-refractivity contribution is 9.10. The number of halogens is 1. The van der Waals surface area contributed by atoms with Crippen molar-refractivity contribution in [3.63, 3.8) is 0 Å². The van der Waals surface area contributed by atoms with Gasteiger partial charge >= 0.3 is 0 Å². The molecule has 5 heteroatoms. The molecule has 0 fully saturated rings. The molecule has 0 aliphatic rings. The lowest BCUT2D eigenvalue weighted by Gasteiger charge is -2.36. The third kappa shape index (κ3) is 6.38. The molecule has 1 aromatic rings. The van der Waals surface area contributed by atoms with Crippen LogP contribution in [0.5, 0.6) is 5.88 Å². The Morgan fingerprint density at radius 3 is 2.36 bits per heavy atom. The van der Waals surface area contributed by atoms with Gasteiger partial charge in [0.2, 0.25) is 5.88 Å². The largest absolute Gasteiger partial charge is 0.477 e. The highest BCUT2D eigenvalue weighted by atomic mass is 79.9. The molecule has 0 amide bonds. The molecular weight excluding hydrogens is 358 g/mol. The Hall–Kier alpha value is -0.393. The van der Waals surface area contributed by atoms with Gasteiger partial charge in [-0.05, 0) is 72.4 Å². The molecule has 0 unspecified atom stereocenters. The van der Waals surface area contributed by atoms with Gasteiger partial charge in [-0.15, -0.1) is 0 Å². The minimum Gasteiger partial charge on any atom is -0.477 e. The molecule has 0 saturated carbocycles. The maximum absolute atomic E-state index is 6.17. The number of aromatic nitrogens is 1. The van der Waals surface area contributed by atoms with Gasteiger partial charge < -0.3 is 9.16 Å². The summed E-state index contributed by atoms with van der Waals surface area (Å²) in [5.41, 5.74) is 0.973. The average Bonchev–Trinajstić information content (AvgIpc) is 2.40. The maximum atomic E-state index is 6.17. The van der Waals surface area contributed by atoms with Gasteiger partial charge in [0.25, 0.3) is 0 Å². The second-order valence-electron chi connectivity index (χ2n) is 7.26. The highest BCUT2D eigenvalue weighted by Crippen LogP contribution is 2.36. The first-order chi connectivity index (χ1) is 10.1. The number of pyridine rings is 1. The van der Waals surface area contributed by atoms with Gasteiger partial charge in [-0.3, -0.25) is 0 Å². The molecule has 3 nitrogen and oxygen atoms in total. The standard InChI is InChI=1S/C17H30BrNO2Si/c1-14-10-11-15(18)16(19-14)20-12-8-7-9-13-21-22(5,6)17(2,3)4/h10-11H,7-9,12-13H2,1-6H3. The third-order valence-corrected chi connectivity index (χ3v) is 9.39. The third-order valence-electron chi connectivity index (χ3n) is 4.25. The molecule has 0 atom stereocenters. The Balaban J connectivity index is 2.18. The highest BCUT2D eigenvalue weighted by Gasteiger charge is 2.36. The van der Waals surface area contributed by atoms with Crippen LogP contribution in [0.4, 0.5) is 0 Å². The van der Waals surface area contributed by atoms with Crippen LogP contribution in [0, 0.1) is 6.92 Å². The van der Waals surface area contributed by atoms with E-state index in [4.69, 9.17) is 9.16 Å². The van der Waals surface area contributed by atoms with E-state index in [-0.39, 0.29) is 0 Å². The summed E-state index contributed by atoms with van der Waals surface area (Å²) in [7, 11) is -1.59. The molecule has 1 aromatic heterocycles. The summed E-state index contributed by atoms with van der Waals surface area (Å²) in [6, 6.07) is 3.94. The van der Waals surface area contributed by atoms with E-state index in [1.807, 2.05) is 19.1 Å². The Kier molecular flexibility index (Phi) is 7.55. The number of nitrogens with zero attached hydrogens (tertiary/aromatic N) is 1. The van der Waals surface area contributed by atoms with Crippen LogP contribution in [0.1, 0.15) is 45.7 Å². The van der Waals surface area contributed by atoms with E-state index in [0.717, 1.165) is 36.0 Å². The van der Waals surface area contributed by atoms with Crippen molar-refractivity contribution in [1.82, 2.24) is 4.98 Å². The van der Waals surface area contributed by atoms with Crippen molar-refractivity contribution in [1.29, 1.82) is 0 Å². The lowest BCUT2D eigenvalue weighted by atomic mass is 10.2. The molecule has 0 radical (unpaired) electrons.